The molecule has 2 aromatic rings. The molecule has 0 aromatic heterocycles. The molecule has 2 unspecified atom stereocenters. The zero-order valence-corrected chi connectivity index (χ0v) is 10.4. The fourth-order valence-electron chi connectivity index (χ4n) is 2.65. The molecule has 1 heteroatoms. The normalized spacial score (nSPS) is 26.5. The van der Waals surface area contributed by atoms with Crippen LogP contribution >= 0.6 is 12.2 Å². The third-order valence-corrected chi connectivity index (χ3v) is 4.15. The van der Waals surface area contributed by atoms with Crippen molar-refractivity contribution in [3.63, 3.8) is 0 Å². The molecule has 2 atom stereocenters. The van der Waals surface area contributed by atoms with Crippen LogP contribution in [0.5, 0.6) is 0 Å². The van der Waals surface area contributed by atoms with Gasteiger partial charge >= 0.3 is 0 Å². The SMILES string of the molecule is S=CC1(c2ccccc2)CC1c1ccccc1. The first kappa shape index (κ1) is 10.7. The van der Waals surface area contributed by atoms with E-state index in [1.54, 1.807) is 0 Å². The van der Waals surface area contributed by atoms with Gasteiger partial charge in [0.05, 0.1) is 0 Å². The highest BCUT2D eigenvalue weighted by atomic mass is 32.1. The molecule has 0 nitrogen and oxygen atoms in total. The third-order valence-electron chi connectivity index (χ3n) is 3.73. The van der Waals surface area contributed by atoms with Crippen molar-refractivity contribution in [1.82, 2.24) is 0 Å². The van der Waals surface area contributed by atoms with Crippen molar-refractivity contribution in [1.29, 1.82) is 0 Å². The molecule has 1 fully saturated rings. The van der Waals surface area contributed by atoms with Gasteiger partial charge < -0.3 is 0 Å². The Morgan fingerprint density at radius 1 is 0.941 bits per heavy atom. The maximum absolute atomic E-state index is 5.28. The number of benzene rings is 2. The zero-order valence-electron chi connectivity index (χ0n) is 9.54. The highest BCUT2D eigenvalue weighted by molar-refractivity contribution is 7.79. The topological polar surface area (TPSA) is 0 Å². The van der Waals surface area contributed by atoms with Crippen molar-refractivity contribution in [2.24, 2.45) is 0 Å². The molecule has 0 N–H and O–H groups in total. The molecule has 84 valence electrons. The van der Waals surface area contributed by atoms with Gasteiger partial charge in [-0.05, 0) is 28.8 Å². The average Bonchev–Trinajstić information content (AvgIpc) is 3.17. The predicted molar refractivity (Wildman–Crippen MR) is 75.6 cm³/mol. The summed E-state index contributed by atoms with van der Waals surface area (Å²) in [5, 5.41) is 1.96. The van der Waals surface area contributed by atoms with Gasteiger partial charge in [0.15, 0.2) is 0 Å². The Kier molecular flexibility index (Phi) is 2.56. The molecule has 0 heterocycles. The van der Waals surface area contributed by atoms with Gasteiger partial charge in [0, 0.05) is 5.41 Å². The monoisotopic (exact) mass is 238 g/mol. The lowest BCUT2D eigenvalue weighted by Gasteiger charge is -2.12. The zero-order chi connectivity index (χ0) is 11.7. The van der Waals surface area contributed by atoms with Crippen LogP contribution in [0, 0.1) is 0 Å². The Hall–Kier alpha value is -1.47. The quantitative estimate of drug-likeness (QED) is 0.725. The molecule has 2 aromatic carbocycles. The molecule has 3 rings (SSSR count). The van der Waals surface area contributed by atoms with Crippen molar-refractivity contribution in [3.05, 3.63) is 71.8 Å². The minimum Gasteiger partial charge on any atom is -0.0925 e. The Morgan fingerprint density at radius 3 is 2.12 bits per heavy atom. The van der Waals surface area contributed by atoms with E-state index in [-0.39, 0.29) is 5.41 Å². The molecule has 0 saturated heterocycles. The summed E-state index contributed by atoms with van der Waals surface area (Å²) in [4.78, 5) is 0. The fourth-order valence-corrected chi connectivity index (χ4v) is 3.04. The Bertz CT molecular complexity index is 518. The summed E-state index contributed by atoms with van der Waals surface area (Å²) in [5.41, 5.74) is 2.85. The van der Waals surface area contributed by atoms with Crippen LogP contribution in [-0.2, 0) is 5.41 Å². The van der Waals surface area contributed by atoms with Crippen LogP contribution in [0.4, 0.5) is 0 Å². The lowest BCUT2D eigenvalue weighted by atomic mass is 9.93. The predicted octanol–water partition coefficient (Wildman–Crippen LogP) is 4.11. The highest BCUT2D eigenvalue weighted by Gasteiger charge is 2.54. The number of rotatable bonds is 3. The van der Waals surface area contributed by atoms with E-state index in [1.807, 2.05) is 5.37 Å². The van der Waals surface area contributed by atoms with E-state index in [2.05, 4.69) is 60.7 Å². The van der Waals surface area contributed by atoms with Crippen LogP contribution < -0.4 is 0 Å². The van der Waals surface area contributed by atoms with Gasteiger partial charge in [-0.3, -0.25) is 0 Å². The van der Waals surface area contributed by atoms with E-state index >= 15 is 0 Å². The lowest BCUT2D eigenvalue weighted by Crippen LogP contribution is -2.09. The van der Waals surface area contributed by atoms with E-state index in [9.17, 15) is 0 Å². The largest absolute Gasteiger partial charge is 0.0925 e. The Labute approximate surface area is 107 Å². The third kappa shape index (κ3) is 1.71. The van der Waals surface area contributed by atoms with E-state index in [0.717, 1.165) is 6.42 Å². The summed E-state index contributed by atoms with van der Waals surface area (Å²) < 4.78 is 0. The molecule has 1 saturated carbocycles. The van der Waals surface area contributed by atoms with Gasteiger partial charge in [-0.15, -0.1) is 0 Å². The van der Waals surface area contributed by atoms with Crippen LogP contribution in [0.1, 0.15) is 23.5 Å². The van der Waals surface area contributed by atoms with E-state index in [1.165, 1.54) is 11.1 Å². The van der Waals surface area contributed by atoms with E-state index < -0.39 is 0 Å². The van der Waals surface area contributed by atoms with Crippen molar-refractivity contribution in [2.75, 3.05) is 0 Å². The number of hydrogen-bond acceptors (Lipinski definition) is 1. The van der Waals surface area contributed by atoms with Gasteiger partial charge in [0.25, 0.3) is 0 Å². The maximum atomic E-state index is 5.28. The van der Waals surface area contributed by atoms with Crippen LogP contribution in [0.3, 0.4) is 0 Å². The molecular weight excluding hydrogens is 224 g/mol. The van der Waals surface area contributed by atoms with Crippen molar-refractivity contribution in [3.8, 4) is 0 Å². The first-order chi connectivity index (χ1) is 8.37. The molecule has 1 aliphatic carbocycles. The number of hydrogen-bond donors (Lipinski definition) is 0. The second-order valence-electron chi connectivity index (χ2n) is 4.69. The molecular formula is C16H14S. The van der Waals surface area contributed by atoms with Crippen LogP contribution in [-0.4, -0.2) is 5.37 Å². The van der Waals surface area contributed by atoms with Crippen molar-refractivity contribution in [2.45, 2.75) is 17.8 Å². The van der Waals surface area contributed by atoms with E-state index in [0.29, 0.717) is 5.92 Å². The molecule has 0 spiro atoms. The van der Waals surface area contributed by atoms with Gasteiger partial charge in [-0.1, -0.05) is 72.9 Å². The van der Waals surface area contributed by atoms with Gasteiger partial charge in [-0.2, -0.15) is 0 Å². The summed E-state index contributed by atoms with van der Waals surface area (Å²) in [6.45, 7) is 0. The molecule has 0 radical (unpaired) electrons. The molecule has 17 heavy (non-hydrogen) atoms. The summed E-state index contributed by atoms with van der Waals surface area (Å²) in [6.07, 6.45) is 1.14. The summed E-state index contributed by atoms with van der Waals surface area (Å²) in [7, 11) is 0. The summed E-state index contributed by atoms with van der Waals surface area (Å²) in [6, 6.07) is 21.3. The Morgan fingerprint density at radius 2 is 1.53 bits per heavy atom. The van der Waals surface area contributed by atoms with Gasteiger partial charge in [-0.25, -0.2) is 0 Å². The maximum Gasteiger partial charge on any atom is 0.0311 e. The summed E-state index contributed by atoms with van der Waals surface area (Å²) >= 11 is 5.28. The second-order valence-corrected chi connectivity index (χ2v) is 4.93. The highest BCUT2D eigenvalue weighted by Crippen LogP contribution is 2.59. The smallest absolute Gasteiger partial charge is 0.0311 e. The van der Waals surface area contributed by atoms with Crippen LogP contribution in [0.25, 0.3) is 0 Å². The minimum atomic E-state index is 0.0952. The molecule has 0 aliphatic heterocycles. The average molecular weight is 238 g/mol. The van der Waals surface area contributed by atoms with Crippen LogP contribution in [0.15, 0.2) is 60.7 Å². The minimum absolute atomic E-state index is 0.0952. The van der Waals surface area contributed by atoms with Crippen molar-refractivity contribution >= 4 is 17.6 Å². The lowest BCUT2D eigenvalue weighted by molar-refractivity contribution is 0.920. The molecule has 0 bridgehead atoms. The summed E-state index contributed by atoms with van der Waals surface area (Å²) in [5.74, 6) is 0.559. The second kappa shape index (κ2) is 4.08. The van der Waals surface area contributed by atoms with Crippen LogP contribution in [0.2, 0.25) is 0 Å². The van der Waals surface area contributed by atoms with E-state index in [4.69, 9.17) is 12.2 Å². The number of thiocarbonyl (C=S) groups is 1. The standard InChI is InChI=1S/C16H14S/c17-12-16(14-9-5-2-6-10-14)11-15(16)13-7-3-1-4-8-13/h1-10,12,15H,11H2. The van der Waals surface area contributed by atoms with Crippen molar-refractivity contribution < 1.29 is 0 Å². The first-order valence-electron chi connectivity index (χ1n) is 5.93. The fraction of sp³-hybridized carbons (Fsp3) is 0.188. The first-order valence-corrected chi connectivity index (χ1v) is 6.41. The van der Waals surface area contributed by atoms with Gasteiger partial charge in [0.1, 0.15) is 0 Å². The Balaban J connectivity index is 1.97. The molecule has 0 amide bonds. The molecule has 1 aliphatic rings. The van der Waals surface area contributed by atoms with Gasteiger partial charge in [0.2, 0.25) is 0 Å².